The molecule has 2 aromatic carbocycles. The number of benzene rings is 2. The molecule has 0 radical (unpaired) electrons. The molecule has 0 unspecified atom stereocenters. The van der Waals surface area contributed by atoms with Crippen LogP contribution in [0.2, 0.25) is 0 Å². The van der Waals surface area contributed by atoms with Gasteiger partial charge in [-0.1, -0.05) is 6.07 Å². The average Bonchev–Trinajstić information content (AvgIpc) is 2.55. The van der Waals surface area contributed by atoms with E-state index < -0.39 is 16.6 Å². The molecule has 0 atom stereocenters. The van der Waals surface area contributed by atoms with Crippen molar-refractivity contribution >= 4 is 28.9 Å². The zero-order valence-electron chi connectivity index (χ0n) is 15.3. The fraction of sp³-hybridized carbons (Fsp3) is 0.263. The summed E-state index contributed by atoms with van der Waals surface area (Å²) >= 11 is 0. The number of ketones is 1. The maximum Gasteiger partial charge on any atom is 0.412 e. The van der Waals surface area contributed by atoms with Crippen molar-refractivity contribution in [2.45, 2.75) is 32.8 Å². The quantitative estimate of drug-likeness (QED) is 0.355. The van der Waals surface area contributed by atoms with Crippen LogP contribution in [0.5, 0.6) is 0 Å². The van der Waals surface area contributed by atoms with E-state index in [0.717, 1.165) is 0 Å². The Hall–Kier alpha value is -3.42. The zero-order valence-corrected chi connectivity index (χ0v) is 15.3. The predicted molar refractivity (Wildman–Crippen MR) is 102 cm³/mol. The summed E-state index contributed by atoms with van der Waals surface area (Å²) < 4.78 is 5.15. The minimum absolute atomic E-state index is 0.184. The molecule has 2 aromatic rings. The number of nitro groups is 1. The van der Waals surface area contributed by atoms with Gasteiger partial charge in [0.1, 0.15) is 5.60 Å². The second-order valence-electron chi connectivity index (χ2n) is 6.91. The molecule has 8 nitrogen and oxygen atoms in total. The number of nitrogens with zero attached hydrogens (tertiary/aromatic N) is 1. The van der Waals surface area contributed by atoms with E-state index in [9.17, 15) is 19.7 Å². The van der Waals surface area contributed by atoms with Crippen molar-refractivity contribution in [1.29, 1.82) is 0 Å². The van der Waals surface area contributed by atoms with Gasteiger partial charge in [-0.05, 0) is 51.1 Å². The summed E-state index contributed by atoms with van der Waals surface area (Å²) in [5.41, 5.74) is 6.18. The monoisotopic (exact) mass is 371 g/mol. The van der Waals surface area contributed by atoms with E-state index in [0.29, 0.717) is 11.3 Å². The van der Waals surface area contributed by atoms with Crippen LogP contribution in [0, 0.1) is 10.1 Å². The third kappa shape index (κ3) is 5.53. The molecule has 0 aliphatic carbocycles. The predicted octanol–water partition coefficient (Wildman–Crippen LogP) is 3.95. The lowest BCUT2D eigenvalue weighted by atomic mass is 10.00. The molecule has 0 fully saturated rings. The number of rotatable bonds is 5. The number of carbonyl (C=O) groups is 2. The van der Waals surface area contributed by atoms with Crippen molar-refractivity contribution in [1.82, 2.24) is 0 Å². The molecule has 0 aliphatic heterocycles. The maximum atomic E-state index is 12.5. The Bertz CT molecular complexity index is 870. The topological polar surface area (TPSA) is 125 Å². The van der Waals surface area contributed by atoms with Gasteiger partial charge in [0.2, 0.25) is 0 Å². The van der Waals surface area contributed by atoms with Gasteiger partial charge in [0, 0.05) is 29.4 Å². The maximum absolute atomic E-state index is 12.5. The van der Waals surface area contributed by atoms with Crippen LogP contribution >= 0.6 is 0 Å². The average molecular weight is 371 g/mol. The Balaban J connectivity index is 2.11. The summed E-state index contributed by atoms with van der Waals surface area (Å²) in [5.74, 6) is -0.320. The van der Waals surface area contributed by atoms with Crippen LogP contribution in [-0.2, 0) is 11.2 Å². The minimum Gasteiger partial charge on any atom is -0.444 e. The van der Waals surface area contributed by atoms with Crippen molar-refractivity contribution in [3.05, 3.63) is 63.7 Å². The molecule has 0 saturated carbocycles. The zero-order chi connectivity index (χ0) is 20.2. The molecule has 0 heterocycles. The van der Waals surface area contributed by atoms with E-state index in [2.05, 4.69) is 5.32 Å². The highest BCUT2D eigenvalue weighted by molar-refractivity contribution is 5.99. The highest BCUT2D eigenvalue weighted by Gasteiger charge is 2.20. The molecule has 0 spiro atoms. The lowest BCUT2D eigenvalue weighted by Crippen LogP contribution is -2.27. The molecule has 0 aromatic heterocycles. The Morgan fingerprint density at radius 1 is 1.15 bits per heavy atom. The van der Waals surface area contributed by atoms with Gasteiger partial charge in [0.05, 0.1) is 10.5 Å². The van der Waals surface area contributed by atoms with Gasteiger partial charge < -0.3 is 10.5 Å². The van der Waals surface area contributed by atoms with Crippen molar-refractivity contribution in [3.8, 4) is 0 Å². The SMILES string of the molecule is CC(C)(C)OC(=O)Nc1ccc(C(=O)Cc2c(N)cccc2[N+](=O)[O-])cc1. The molecule has 8 heteroatoms. The lowest BCUT2D eigenvalue weighted by molar-refractivity contribution is -0.385. The molecule has 3 N–H and O–H groups in total. The second kappa shape index (κ2) is 7.86. The number of hydrogen-bond donors (Lipinski definition) is 2. The van der Waals surface area contributed by atoms with E-state index >= 15 is 0 Å². The second-order valence-corrected chi connectivity index (χ2v) is 6.91. The lowest BCUT2D eigenvalue weighted by Gasteiger charge is -2.19. The first kappa shape index (κ1) is 19.9. The van der Waals surface area contributed by atoms with Crippen LogP contribution in [0.1, 0.15) is 36.7 Å². The Kier molecular flexibility index (Phi) is 5.79. The van der Waals surface area contributed by atoms with Gasteiger partial charge in [-0.3, -0.25) is 20.2 Å². The van der Waals surface area contributed by atoms with Crippen molar-refractivity contribution in [2.24, 2.45) is 0 Å². The van der Waals surface area contributed by atoms with Gasteiger partial charge >= 0.3 is 6.09 Å². The van der Waals surface area contributed by atoms with Crippen LogP contribution in [0.15, 0.2) is 42.5 Å². The summed E-state index contributed by atoms with van der Waals surface area (Å²) in [6.07, 6.45) is -0.795. The third-order valence-corrected chi connectivity index (χ3v) is 3.57. The number of hydrogen-bond acceptors (Lipinski definition) is 6. The van der Waals surface area contributed by atoms with Gasteiger partial charge in [0.15, 0.2) is 5.78 Å². The first-order chi connectivity index (χ1) is 12.6. The van der Waals surface area contributed by atoms with Crippen molar-refractivity contribution in [3.63, 3.8) is 0 Å². The summed E-state index contributed by atoms with van der Waals surface area (Å²) in [6.45, 7) is 5.26. The molecule has 0 saturated heterocycles. The number of anilines is 2. The van der Waals surface area contributed by atoms with Gasteiger partial charge in [-0.25, -0.2) is 4.79 Å². The van der Waals surface area contributed by atoms with Crippen LogP contribution in [0.4, 0.5) is 21.9 Å². The number of nitrogens with two attached hydrogens (primary N) is 1. The highest BCUT2D eigenvalue weighted by atomic mass is 16.6. The van der Waals surface area contributed by atoms with Crippen LogP contribution < -0.4 is 11.1 Å². The third-order valence-electron chi connectivity index (χ3n) is 3.57. The largest absolute Gasteiger partial charge is 0.444 e. The molecular formula is C19H21N3O5. The number of nitrogen functional groups attached to an aromatic ring is 1. The van der Waals surface area contributed by atoms with E-state index in [1.54, 1.807) is 32.9 Å². The fourth-order valence-electron chi connectivity index (χ4n) is 2.38. The molecule has 0 aliphatic rings. The van der Waals surface area contributed by atoms with Crippen LogP contribution in [0.25, 0.3) is 0 Å². The highest BCUT2D eigenvalue weighted by Crippen LogP contribution is 2.26. The Labute approximate surface area is 156 Å². The number of nitro benzene ring substituents is 1. The number of ether oxygens (including phenoxy) is 1. The normalized spacial score (nSPS) is 10.9. The Morgan fingerprint density at radius 3 is 2.33 bits per heavy atom. The summed E-state index contributed by atoms with van der Waals surface area (Å²) in [6, 6.07) is 10.5. The Morgan fingerprint density at radius 2 is 1.78 bits per heavy atom. The molecule has 142 valence electrons. The summed E-state index contributed by atoms with van der Waals surface area (Å²) in [4.78, 5) is 34.8. The van der Waals surface area contributed by atoms with Crippen molar-refractivity contribution < 1.29 is 19.2 Å². The fourth-order valence-corrected chi connectivity index (χ4v) is 2.38. The summed E-state index contributed by atoms with van der Waals surface area (Å²) in [5, 5.41) is 13.7. The molecule has 0 bridgehead atoms. The van der Waals surface area contributed by atoms with Gasteiger partial charge in [0.25, 0.3) is 5.69 Å². The van der Waals surface area contributed by atoms with Crippen molar-refractivity contribution in [2.75, 3.05) is 11.1 Å². The molecule has 1 amide bonds. The molecule has 27 heavy (non-hydrogen) atoms. The molecule has 2 rings (SSSR count). The smallest absolute Gasteiger partial charge is 0.412 e. The van der Waals surface area contributed by atoms with E-state index in [4.69, 9.17) is 10.5 Å². The standard InChI is InChI=1S/C19H21N3O5/c1-19(2,3)27-18(24)21-13-9-7-12(8-10-13)17(23)11-14-15(20)5-4-6-16(14)22(25)26/h4-10H,11,20H2,1-3H3,(H,21,24). The number of amides is 1. The van der Waals surface area contributed by atoms with E-state index in [1.165, 1.54) is 30.3 Å². The van der Waals surface area contributed by atoms with E-state index in [1.807, 2.05) is 0 Å². The number of Topliss-reactive ketones (excluding diaryl/α,β-unsaturated/α-hetero) is 1. The molecular weight excluding hydrogens is 350 g/mol. The first-order valence-corrected chi connectivity index (χ1v) is 8.22. The number of nitrogens with one attached hydrogen (secondary N) is 1. The first-order valence-electron chi connectivity index (χ1n) is 8.22. The summed E-state index contributed by atoms with van der Waals surface area (Å²) in [7, 11) is 0. The van der Waals surface area contributed by atoms with Gasteiger partial charge in [-0.15, -0.1) is 0 Å². The minimum atomic E-state index is -0.621. The van der Waals surface area contributed by atoms with Gasteiger partial charge in [-0.2, -0.15) is 0 Å². The van der Waals surface area contributed by atoms with Crippen LogP contribution in [-0.4, -0.2) is 22.4 Å². The number of carbonyl (C=O) groups excluding carboxylic acids is 2. The van der Waals surface area contributed by atoms with E-state index in [-0.39, 0.29) is 29.1 Å². The van der Waals surface area contributed by atoms with Crippen LogP contribution in [0.3, 0.4) is 0 Å².